The summed E-state index contributed by atoms with van der Waals surface area (Å²) in [6.07, 6.45) is 3.45. The monoisotopic (exact) mass is 238 g/mol. The van der Waals surface area contributed by atoms with Crippen LogP contribution in [0.3, 0.4) is 0 Å². The van der Waals surface area contributed by atoms with Gasteiger partial charge in [-0.15, -0.1) is 0 Å². The van der Waals surface area contributed by atoms with Crippen LogP contribution in [0.15, 0.2) is 18.5 Å². The van der Waals surface area contributed by atoms with E-state index in [1.165, 1.54) is 0 Å². The molecule has 2 heterocycles. The van der Waals surface area contributed by atoms with Crippen molar-refractivity contribution >= 4 is 5.91 Å². The quantitative estimate of drug-likeness (QED) is 0.745. The molecule has 2 unspecified atom stereocenters. The molecule has 1 aliphatic heterocycles. The molecule has 0 spiro atoms. The van der Waals surface area contributed by atoms with Gasteiger partial charge < -0.3 is 15.4 Å². The van der Waals surface area contributed by atoms with Gasteiger partial charge in [0.05, 0.1) is 13.2 Å². The Bertz CT molecular complexity index is 346. The number of carbonyl (C=O) groups excluding carboxylic acids is 1. The van der Waals surface area contributed by atoms with Crippen molar-refractivity contribution < 1.29 is 9.53 Å². The van der Waals surface area contributed by atoms with Crippen molar-refractivity contribution in [1.29, 1.82) is 0 Å². The zero-order chi connectivity index (χ0) is 12.1. The molecular formula is C11H18N4O2. The number of nitrogens with zero attached hydrogens (tertiary/aromatic N) is 2. The molecule has 2 N–H and O–H groups in total. The van der Waals surface area contributed by atoms with E-state index in [0.717, 1.165) is 13.2 Å². The van der Waals surface area contributed by atoms with E-state index in [1.807, 2.05) is 6.92 Å². The Kier molecular flexibility index (Phi) is 4.11. The van der Waals surface area contributed by atoms with Crippen LogP contribution in [-0.2, 0) is 9.53 Å². The molecule has 0 radical (unpaired) electrons. The smallest absolute Gasteiger partial charge is 0.244 e. The first kappa shape index (κ1) is 12.1. The number of rotatable bonds is 4. The van der Waals surface area contributed by atoms with Crippen LogP contribution < -0.4 is 10.6 Å². The number of morpholine rings is 1. The standard InChI is InChI=1S/C11H18N4O2/c1-9(15-5-2-3-14-15)11(16)13-7-10-8-17-6-4-12-10/h2-3,5,9-10,12H,4,6-8H2,1H3,(H,13,16). The lowest BCUT2D eigenvalue weighted by atomic mass is 10.2. The molecule has 94 valence electrons. The number of nitrogens with one attached hydrogen (secondary N) is 2. The first-order valence-corrected chi connectivity index (χ1v) is 5.85. The lowest BCUT2D eigenvalue weighted by molar-refractivity contribution is -0.124. The highest BCUT2D eigenvalue weighted by molar-refractivity contribution is 5.79. The minimum Gasteiger partial charge on any atom is -0.378 e. The minimum absolute atomic E-state index is 0.0268. The van der Waals surface area contributed by atoms with Crippen LogP contribution in [0.2, 0.25) is 0 Å². The molecule has 0 bridgehead atoms. The minimum atomic E-state index is -0.283. The number of amides is 1. The van der Waals surface area contributed by atoms with E-state index in [1.54, 1.807) is 23.1 Å². The van der Waals surface area contributed by atoms with Crippen LogP contribution in [0.1, 0.15) is 13.0 Å². The van der Waals surface area contributed by atoms with Crippen LogP contribution in [0.4, 0.5) is 0 Å². The zero-order valence-corrected chi connectivity index (χ0v) is 9.93. The van der Waals surface area contributed by atoms with Crippen molar-refractivity contribution in [2.75, 3.05) is 26.3 Å². The van der Waals surface area contributed by atoms with E-state index >= 15 is 0 Å². The summed E-state index contributed by atoms with van der Waals surface area (Å²) < 4.78 is 6.95. The maximum atomic E-state index is 11.8. The largest absolute Gasteiger partial charge is 0.378 e. The fourth-order valence-electron chi connectivity index (χ4n) is 1.75. The molecule has 2 rings (SSSR count). The van der Waals surface area contributed by atoms with Crippen molar-refractivity contribution in [3.63, 3.8) is 0 Å². The van der Waals surface area contributed by atoms with Gasteiger partial charge in [-0.05, 0) is 13.0 Å². The second-order valence-electron chi connectivity index (χ2n) is 4.13. The normalized spacial score (nSPS) is 22.1. The molecule has 6 heteroatoms. The Balaban J connectivity index is 1.76. The van der Waals surface area contributed by atoms with Crippen LogP contribution in [0, 0.1) is 0 Å². The molecule has 6 nitrogen and oxygen atoms in total. The summed E-state index contributed by atoms with van der Waals surface area (Å²) in [5.41, 5.74) is 0. The SMILES string of the molecule is CC(C(=O)NCC1COCCN1)n1cccn1. The van der Waals surface area contributed by atoms with Gasteiger partial charge in [-0.2, -0.15) is 5.10 Å². The zero-order valence-electron chi connectivity index (χ0n) is 9.93. The number of ether oxygens (including phenoxy) is 1. The first-order valence-electron chi connectivity index (χ1n) is 5.85. The van der Waals surface area contributed by atoms with E-state index < -0.39 is 0 Å². The van der Waals surface area contributed by atoms with Gasteiger partial charge >= 0.3 is 0 Å². The number of hydrogen-bond donors (Lipinski definition) is 2. The molecule has 0 aromatic carbocycles. The fraction of sp³-hybridized carbons (Fsp3) is 0.636. The molecule has 1 aromatic rings. The molecule has 1 aromatic heterocycles. The van der Waals surface area contributed by atoms with Gasteiger partial charge in [-0.1, -0.05) is 0 Å². The van der Waals surface area contributed by atoms with Crippen molar-refractivity contribution in [1.82, 2.24) is 20.4 Å². The molecule has 1 fully saturated rings. The van der Waals surface area contributed by atoms with E-state index in [0.29, 0.717) is 13.2 Å². The van der Waals surface area contributed by atoms with Crippen molar-refractivity contribution in [3.8, 4) is 0 Å². The number of hydrogen-bond acceptors (Lipinski definition) is 4. The van der Waals surface area contributed by atoms with Crippen LogP contribution in [-0.4, -0.2) is 48.0 Å². The van der Waals surface area contributed by atoms with Crippen LogP contribution in [0.25, 0.3) is 0 Å². The van der Waals surface area contributed by atoms with Gasteiger partial charge in [0.15, 0.2) is 0 Å². The molecule has 1 saturated heterocycles. The summed E-state index contributed by atoms with van der Waals surface area (Å²) in [5, 5.41) is 10.2. The predicted molar refractivity (Wildman–Crippen MR) is 62.6 cm³/mol. The highest BCUT2D eigenvalue weighted by Gasteiger charge is 2.18. The van der Waals surface area contributed by atoms with Crippen LogP contribution >= 0.6 is 0 Å². The Morgan fingerprint density at radius 1 is 1.76 bits per heavy atom. The average Bonchev–Trinajstić information content (AvgIpc) is 2.90. The Hall–Kier alpha value is -1.40. The maximum absolute atomic E-state index is 11.8. The highest BCUT2D eigenvalue weighted by Crippen LogP contribution is 2.02. The topological polar surface area (TPSA) is 68.2 Å². The molecular weight excluding hydrogens is 220 g/mol. The molecule has 1 amide bonds. The molecule has 17 heavy (non-hydrogen) atoms. The van der Waals surface area contributed by atoms with Crippen molar-refractivity contribution in [2.45, 2.75) is 19.0 Å². The van der Waals surface area contributed by atoms with Crippen molar-refractivity contribution in [3.05, 3.63) is 18.5 Å². The number of carbonyl (C=O) groups is 1. The third-order valence-corrected chi connectivity index (χ3v) is 2.82. The lowest BCUT2D eigenvalue weighted by Gasteiger charge is -2.24. The number of aromatic nitrogens is 2. The molecule has 0 aliphatic carbocycles. The predicted octanol–water partition coefficient (Wildman–Crippen LogP) is -0.451. The summed E-state index contributed by atoms with van der Waals surface area (Å²) in [4.78, 5) is 11.8. The Morgan fingerprint density at radius 2 is 2.65 bits per heavy atom. The molecule has 0 saturated carbocycles. The van der Waals surface area contributed by atoms with Crippen molar-refractivity contribution in [2.24, 2.45) is 0 Å². The van der Waals surface area contributed by atoms with E-state index in [4.69, 9.17) is 4.74 Å². The Morgan fingerprint density at radius 3 is 3.29 bits per heavy atom. The summed E-state index contributed by atoms with van der Waals surface area (Å²) in [6, 6.07) is 1.73. The van der Waals surface area contributed by atoms with Gasteiger partial charge in [-0.3, -0.25) is 9.48 Å². The molecule has 1 aliphatic rings. The van der Waals surface area contributed by atoms with E-state index in [-0.39, 0.29) is 18.0 Å². The summed E-state index contributed by atoms with van der Waals surface area (Å²) in [5.74, 6) is -0.0268. The van der Waals surface area contributed by atoms with Gasteiger partial charge in [-0.25, -0.2) is 0 Å². The third kappa shape index (κ3) is 3.28. The lowest BCUT2D eigenvalue weighted by Crippen LogP contribution is -2.49. The molecule has 2 atom stereocenters. The van der Waals surface area contributed by atoms with Gasteiger partial charge in [0.1, 0.15) is 6.04 Å². The van der Waals surface area contributed by atoms with Gasteiger partial charge in [0.2, 0.25) is 5.91 Å². The second-order valence-corrected chi connectivity index (χ2v) is 4.13. The fourth-order valence-corrected chi connectivity index (χ4v) is 1.75. The Labute approximate surface area is 100 Å². The van der Waals surface area contributed by atoms with Gasteiger partial charge in [0.25, 0.3) is 0 Å². The summed E-state index contributed by atoms with van der Waals surface area (Å²) in [6.45, 7) is 4.65. The highest BCUT2D eigenvalue weighted by atomic mass is 16.5. The second kappa shape index (κ2) is 5.79. The summed E-state index contributed by atoms with van der Waals surface area (Å²) >= 11 is 0. The van der Waals surface area contributed by atoms with Gasteiger partial charge in [0, 0.05) is 31.5 Å². The van der Waals surface area contributed by atoms with Crippen LogP contribution in [0.5, 0.6) is 0 Å². The average molecular weight is 238 g/mol. The third-order valence-electron chi connectivity index (χ3n) is 2.82. The van der Waals surface area contributed by atoms with E-state index in [9.17, 15) is 4.79 Å². The summed E-state index contributed by atoms with van der Waals surface area (Å²) in [7, 11) is 0. The maximum Gasteiger partial charge on any atom is 0.244 e. The first-order chi connectivity index (χ1) is 8.27. The van der Waals surface area contributed by atoms with E-state index in [2.05, 4.69) is 15.7 Å².